The number of unbranched alkanes of at least 4 members (excludes halogenated alkanes) is 1. The summed E-state index contributed by atoms with van der Waals surface area (Å²) in [5.74, 6) is 0.446. The van der Waals surface area contributed by atoms with Crippen LogP contribution in [0, 0.1) is 0 Å². The van der Waals surface area contributed by atoms with E-state index in [-0.39, 0.29) is 17.8 Å². The summed E-state index contributed by atoms with van der Waals surface area (Å²) in [6.45, 7) is 2.56. The molecular formula is C18H22N4O3. The van der Waals surface area contributed by atoms with Crippen LogP contribution in [0.3, 0.4) is 0 Å². The van der Waals surface area contributed by atoms with E-state index in [1.54, 1.807) is 24.4 Å². The average Bonchev–Trinajstić information content (AvgIpc) is 2.65. The number of methoxy groups -OCH3 is 1. The molecule has 132 valence electrons. The van der Waals surface area contributed by atoms with Crippen molar-refractivity contribution in [2.45, 2.75) is 32.7 Å². The molecule has 0 aliphatic carbocycles. The number of amides is 1. The number of benzene rings is 1. The quantitative estimate of drug-likeness (QED) is 0.716. The van der Waals surface area contributed by atoms with Crippen molar-refractivity contribution in [3.63, 3.8) is 0 Å². The van der Waals surface area contributed by atoms with Gasteiger partial charge in [-0.05, 0) is 30.2 Å². The predicted octanol–water partition coefficient (Wildman–Crippen LogP) is 3.00. The summed E-state index contributed by atoms with van der Waals surface area (Å²) in [6.07, 6.45) is 3.85. The number of nitrogens with one attached hydrogen (secondary N) is 2. The van der Waals surface area contributed by atoms with E-state index < -0.39 is 0 Å². The second-order valence-corrected chi connectivity index (χ2v) is 5.46. The molecule has 0 saturated carbocycles. The molecule has 0 fully saturated rings. The smallest absolute Gasteiger partial charge is 0.337 e. The van der Waals surface area contributed by atoms with Crippen molar-refractivity contribution in [2.24, 2.45) is 0 Å². The molecule has 1 aromatic heterocycles. The third-order valence-corrected chi connectivity index (χ3v) is 3.51. The Kier molecular flexibility index (Phi) is 6.88. The van der Waals surface area contributed by atoms with Crippen LogP contribution in [-0.2, 0) is 16.1 Å². The van der Waals surface area contributed by atoms with E-state index in [1.165, 1.54) is 7.11 Å². The number of carbonyl (C=O) groups excluding carboxylic acids is 2. The number of nitrogens with zero attached hydrogens (tertiary/aromatic N) is 2. The van der Waals surface area contributed by atoms with E-state index in [0.29, 0.717) is 24.3 Å². The van der Waals surface area contributed by atoms with Crippen LogP contribution in [0.4, 0.5) is 11.8 Å². The van der Waals surface area contributed by atoms with Crippen LogP contribution < -0.4 is 10.6 Å². The van der Waals surface area contributed by atoms with Gasteiger partial charge in [0.25, 0.3) is 0 Å². The van der Waals surface area contributed by atoms with Gasteiger partial charge in [0.2, 0.25) is 11.9 Å². The summed E-state index contributed by atoms with van der Waals surface area (Å²) < 4.78 is 4.67. The van der Waals surface area contributed by atoms with Gasteiger partial charge in [-0.1, -0.05) is 25.5 Å². The van der Waals surface area contributed by atoms with Crippen molar-refractivity contribution < 1.29 is 14.3 Å². The molecule has 0 aliphatic heterocycles. The molecule has 0 atom stereocenters. The molecule has 0 saturated heterocycles. The van der Waals surface area contributed by atoms with Gasteiger partial charge in [-0.2, -0.15) is 4.98 Å². The highest BCUT2D eigenvalue weighted by molar-refractivity contribution is 5.89. The predicted molar refractivity (Wildman–Crippen MR) is 95.3 cm³/mol. The summed E-state index contributed by atoms with van der Waals surface area (Å²) in [5.41, 5.74) is 1.49. The van der Waals surface area contributed by atoms with Gasteiger partial charge in [-0.25, -0.2) is 9.78 Å². The lowest BCUT2D eigenvalue weighted by molar-refractivity contribution is -0.116. The molecule has 2 N–H and O–H groups in total. The zero-order valence-corrected chi connectivity index (χ0v) is 14.4. The highest BCUT2D eigenvalue weighted by Gasteiger charge is 2.06. The summed E-state index contributed by atoms with van der Waals surface area (Å²) in [6, 6.07) is 8.83. The first-order valence-corrected chi connectivity index (χ1v) is 8.16. The third-order valence-electron chi connectivity index (χ3n) is 3.51. The number of hydrogen-bond donors (Lipinski definition) is 2. The van der Waals surface area contributed by atoms with Crippen molar-refractivity contribution in [1.29, 1.82) is 0 Å². The van der Waals surface area contributed by atoms with Crippen molar-refractivity contribution in [3.8, 4) is 0 Å². The van der Waals surface area contributed by atoms with E-state index in [2.05, 4.69) is 25.3 Å². The van der Waals surface area contributed by atoms with Gasteiger partial charge in [0.05, 0.1) is 12.7 Å². The number of anilines is 2. The van der Waals surface area contributed by atoms with Gasteiger partial charge < -0.3 is 10.1 Å². The SMILES string of the molecule is CCCCC(=O)Nc1nccc(NCc2ccc(C(=O)OC)cc2)n1. The van der Waals surface area contributed by atoms with Crippen LogP contribution in [0.2, 0.25) is 0 Å². The van der Waals surface area contributed by atoms with Crippen molar-refractivity contribution >= 4 is 23.6 Å². The Morgan fingerprint density at radius 3 is 2.60 bits per heavy atom. The Morgan fingerprint density at radius 2 is 1.92 bits per heavy atom. The standard InChI is InChI=1S/C18H22N4O3/c1-3-4-5-16(23)22-18-19-11-10-15(21-18)20-12-13-6-8-14(9-7-13)17(24)25-2/h6-11H,3-5,12H2,1-2H3,(H2,19,20,21,22,23). The van der Waals surface area contributed by atoms with E-state index in [4.69, 9.17) is 0 Å². The molecule has 25 heavy (non-hydrogen) atoms. The molecule has 2 rings (SSSR count). The van der Waals surface area contributed by atoms with E-state index in [9.17, 15) is 9.59 Å². The Bertz CT molecular complexity index is 717. The number of esters is 1. The molecule has 1 heterocycles. The normalized spacial score (nSPS) is 10.2. The van der Waals surface area contributed by atoms with Crippen molar-refractivity contribution in [1.82, 2.24) is 9.97 Å². The van der Waals surface area contributed by atoms with Gasteiger partial charge in [0, 0.05) is 19.2 Å². The molecule has 0 bridgehead atoms. The van der Waals surface area contributed by atoms with Crippen LogP contribution in [-0.4, -0.2) is 29.0 Å². The Hall–Kier alpha value is -2.96. The maximum Gasteiger partial charge on any atom is 0.337 e. The summed E-state index contributed by atoms with van der Waals surface area (Å²) >= 11 is 0. The lowest BCUT2D eigenvalue weighted by Crippen LogP contribution is -2.14. The lowest BCUT2D eigenvalue weighted by atomic mass is 10.1. The fraction of sp³-hybridized carbons (Fsp3) is 0.333. The third kappa shape index (κ3) is 5.87. The maximum absolute atomic E-state index is 11.7. The van der Waals surface area contributed by atoms with Crippen molar-refractivity contribution in [2.75, 3.05) is 17.7 Å². The molecule has 2 aromatic rings. The fourth-order valence-corrected chi connectivity index (χ4v) is 2.11. The summed E-state index contributed by atoms with van der Waals surface area (Å²) in [4.78, 5) is 31.4. The monoisotopic (exact) mass is 342 g/mol. The minimum atomic E-state index is -0.362. The zero-order valence-electron chi connectivity index (χ0n) is 14.4. The first-order chi connectivity index (χ1) is 12.1. The van der Waals surface area contributed by atoms with Crippen LogP contribution in [0.15, 0.2) is 36.5 Å². The van der Waals surface area contributed by atoms with E-state index >= 15 is 0 Å². The van der Waals surface area contributed by atoms with E-state index in [1.807, 2.05) is 19.1 Å². The largest absolute Gasteiger partial charge is 0.465 e. The summed E-state index contributed by atoms with van der Waals surface area (Å²) in [5, 5.41) is 5.85. The minimum absolute atomic E-state index is 0.0857. The molecule has 7 nitrogen and oxygen atoms in total. The highest BCUT2D eigenvalue weighted by atomic mass is 16.5. The molecule has 1 aromatic carbocycles. The van der Waals surface area contributed by atoms with Crippen LogP contribution in [0.1, 0.15) is 42.1 Å². The van der Waals surface area contributed by atoms with Gasteiger partial charge >= 0.3 is 5.97 Å². The number of rotatable bonds is 8. The molecule has 1 amide bonds. The molecule has 0 radical (unpaired) electrons. The first-order valence-electron chi connectivity index (χ1n) is 8.16. The molecule has 0 spiro atoms. The minimum Gasteiger partial charge on any atom is -0.465 e. The van der Waals surface area contributed by atoms with Gasteiger partial charge in [0.15, 0.2) is 0 Å². The lowest BCUT2D eigenvalue weighted by Gasteiger charge is -2.08. The maximum atomic E-state index is 11.7. The van der Waals surface area contributed by atoms with Gasteiger partial charge in [-0.3, -0.25) is 10.1 Å². The number of hydrogen-bond acceptors (Lipinski definition) is 6. The van der Waals surface area contributed by atoms with E-state index in [0.717, 1.165) is 18.4 Å². The van der Waals surface area contributed by atoms with Gasteiger partial charge in [0.1, 0.15) is 5.82 Å². The first kappa shape index (κ1) is 18.4. The fourth-order valence-electron chi connectivity index (χ4n) is 2.11. The Morgan fingerprint density at radius 1 is 1.16 bits per heavy atom. The molecular weight excluding hydrogens is 320 g/mol. The second-order valence-electron chi connectivity index (χ2n) is 5.46. The summed E-state index contributed by atoms with van der Waals surface area (Å²) in [7, 11) is 1.35. The van der Waals surface area contributed by atoms with Crippen LogP contribution in [0.25, 0.3) is 0 Å². The van der Waals surface area contributed by atoms with Crippen LogP contribution >= 0.6 is 0 Å². The zero-order chi connectivity index (χ0) is 18.1. The number of carbonyl (C=O) groups is 2. The molecule has 7 heteroatoms. The molecule has 0 aliphatic rings. The second kappa shape index (κ2) is 9.36. The van der Waals surface area contributed by atoms with Crippen molar-refractivity contribution in [3.05, 3.63) is 47.7 Å². The van der Waals surface area contributed by atoms with Gasteiger partial charge in [-0.15, -0.1) is 0 Å². The molecule has 0 unspecified atom stereocenters. The number of aromatic nitrogens is 2. The average molecular weight is 342 g/mol. The van der Waals surface area contributed by atoms with Crippen LogP contribution in [0.5, 0.6) is 0 Å². The number of ether oxygens (including phenoxy) is 1. The Labute approximate surface area is 146 Å². The Balaban J connectivity index is 1.91. The highest BCUT2D eigenvalue weighted by Crippen LogP contribution is 2.10. The topological polar surface area (TPSA) is 93.2 Å².